The lowest BCUT2D eigenvalue weighted by Crippen LogP contribution is -2.41. The molecule has 0 atom stereocenters. The van der Waals surface area contributed by atoms with E-state index in [4.69, 9.17) is 0 Å². The highest BCUT2D eigenvalue weighted by Crippen LogP contribution is 2.25. The lowest BCUT2D eigenvalue weighted by atomic mass is 10.2. The van der Waals surface area contributed by atoms with Crippen LogP contribution in [-0.4, -0.2) is 33.2 Å². The van der Waals surface area contributed by atoms with Gasteiger partial charge >= 0.3 is 0 Å². The van der Waals surface area contributed by atoms with Crippen molar-refractivity contribution in [2.45, 2.75) is 18.9 Å². The Balaban J connectivity index is 2.32. The summed E-state index contributed by atoms with van der Waals surface area (Å²) < 4.78 is 63.6. The molecule has 1 aliphatic rings. The Kier molecular flexibility index (Phi) is 4.13. The number of sulfonamides is 1. The van der Waals surface area contributed by atoms with Crippen LogP contribution in [0.25, 0.3) is 0 Å². The van der Waals surface area contributed by atoms with Crippen LogP contribution in [0.15, 0.2) is 12.1 Å². The van der Waals surface area contributed by atoms with Crippen molar-refractivity contribution < 1.29 is 26.4 Å². The Labute approximate surface area is 119 Å². The van der Waals surface area contributed by atoms with E-state index in [-0.39, 0.29) is 6.04 Å². The SMILES string of the molecule is CS(=O)(=O)N(CC(=O)NC1CC1)c1ccc(F)c(F)c1F. The van der Waals surface area contributed by atoms with Crippen LogP contribution in [0.1, 0.15) is 12.8 Å². The van der Waals surface area contributed by atoms with Gasteiger partial charge in [-0.05, 0) is 25.0 Å². The predicted molar refractivity (Wildman–Crippen MR) is 69.7 cm³/mol. The summed E-state index contributed by atoms with van der Waals surface area (Å²) in [5.74, 6) is -5.51. The number of halogens is 3. The average Bonchev–Trinajstić information content (AvgIpc) is 3.17. The molecule has 21 heavy (non-hydrogen) atoms. The number of benzene rings is 1. The molecule has 1 aromatic carbocycles. The van der Waals surface area contributed by atoms with E-state index in [1.54, 1.807) is 0 Å². The van der Waals surface area contributed by atoms with E-state index in [0.29, 0.717) is 10.4 Å². The number of rotatable bonds is 5. The summed E-state index contributed by atoms with van der Waals surface area (Å²) in [4.78, 5) is 11.7. The number of carbonyl (C=O) groups excluding carboxylic acids is 1. The Morgan fingerprint density at radius 2 is 1.90 bits per heavy atom. The van der Waals surface area contributed by atoms with Gasteiger partial charge in [-0.15, -0.1) is 0 Å². The number of hydrogen-bond donors (Lipinski definition) is 1. The van der Waals surface area contributed by atoms with Crippen LogP contribution in [-0.2, 0) is 14.8 Å². The van der Waals surface area contributed by atoms with Crippen molar-refractivity contribution in [2.24, 2.45) is 0 Å². The van der Waals surface area contributed by atoms with Crippen LogP contribution >= 0.6 is 0 Å². The third-order valence-corrected chi connectivity index (χ3v) is 4.04. The molecule has 0 spiro atoms. The monoisotopic (exact) mass is 322 g/mol. The number of nitrogens with zero attached hydrogens (tertiary/aromatic N) is 1. The van der Waals surface area contributed by atoms with E-state index < -0.39 is 45.6 Å². The summed E-state index contributed by atoms with van der Waals surface area (Å²) in [6.07, 6.45) is 2.34. The van der Waals surface area contributed by atoms with Crippen molar-refractivity contribution in [1.82, 2.24) is 5.32 Å². The average molecular weight is 322 g/mol. The van der Waals surface area contributed by atoms with Crippen molar-refractivity contribution in [2.75, 3.05) is 17.1 Å². The molecule has 1 amide bonds. The van der Waals surface area contributed by atoms with Crippen LogP contribution in [0.2, 0.25) is 0 Å². The maximum Gasteiger partial charge on any atom is 0.240 e. The Bertz CT molecular complexity index is 675. The van der Waals surface area contributed by atoms with Gasteiger partial charge < -0.3 is 5.32 Å². The molecule has 1 N–H and O–H groups in total. The van der Waals surface area contributed by atoms with E-state index >= 15 is 0 Å². The molecule has 116 valence electrons. The third kappa shape index (κ3) is 3.66. The van der Waals surface area contributed by atoms with E-state index in [0.717, 1.165) is 25.2 Å². The van der Waals surface area contributed by atoms with Gasteiger partial charge in [0.15, 0.2) is 17.5 Å². The second-order valence-corrected chi connectivity index (χ2v) is 6.71. The number of carbonyl (C=O) groups is 1. The Morgan fingerprint density at radius 1 is 1.29 bits per heavy atom. The van der Waals surface area contributed by atoms with E-state index in [1.807, 2.05) is 0 Å². The number of hydrogen-bond acceptors (Lipinski definition) is 3. The minimum absolute atomic E-state index is 0.00582. The minimum Gasteiger partial charge on any atom is -0.352 e. The zero-order valence-electron chi connectivity index (χ0n) is 11.1. The van der Waals surface area contributed by atoms with Crippen molar-refractivity contribution in [3.05, 3.63) is 29.6 Å². The molecule has 0 aliphatic heterocycles. The lowest BCUT2D eigenvalue weighted by molar-refractivity contribution is -0.119. The molecule has 1 saturated carbocycles. The van der Waals surface area contributed by atoms with Crippen molar-refractivity contribution >= 4 is 21.6 Å². The molecule has 0 aromatic heterocycles. The molecule has 0 heterocycles. The molecule has 1 aliphatic carbocycles. The van der Waals surface area contributed by atoms with Gasteiger partial charge in [-0.1, -0.05) is 0 Å². The summed E-state index contributed by atoms with van der Waals surface area (Å²) in [5, 5.41) is 2.54. The number of anilines is 1. The lowest BCUT2D eigenvalue weighted by Gasteiger charge is -2.22. The zero-order valence-corrected chi connectivity index (χ0v) is 11.9. The number of nitrogens with one attached hydrogen (secondary N) is 1. The first-order valence-corrected chi connectivity index (χ1v) is 7.95. The summed E-state index contributed by atoms with van der Waals surface area (Å²) in [6, 6.07) is 1.37. The highest BCUT2D eigenvalue weighted by atomic mass is 32.2. The normalized spacial score (nSPS) is 14.9. The van der Waals surface area contributed by atoms with Crippen LogP contribution in [0.5, 0.6) is 0 Å². The molecule has 1 fully saturated rings. The fourth-order valence-corrected chi connectivity index (χ4v) is 2.57. The van der Waals surface area contributed by atoms with Crippen LogP contribution in [0.4, 0.5) is 18.9 Å². The molecule has 0 bridgehead atoms. The molecule has 0 saturated heterocycles. The van der Waals surface area contributed by atoms with Crippen LogP contribution in [0.3, 0.4) is 0 Å². The molecule has 2 rings (SSSR count). The maximum atomic E-state index is 13.7. The van der Waals surface area contributed by atoms with Crippen LogP contribution < -0.4 is 9.62 Å². The van der Waals surface area contributed by atoms with E-state index in [9.17, 15) is 26.4 Å². The van der Waals surface area contributed by atoms with Gasteiger partial charge in [-0.25, -0.2) is 21.6 Å². The molecule has 1 aromatic rings. The van der Waals surface area contributed by atoms with Gasteiger partial charge in [0.05, 0.1) is 11.9 Å². The highest BCUT2D eigenvalue weighted by Gasteiger charge is 2.29. The first kappa shape index (κ1) is 15.6. The largest absolute Gasteiger partial charge is 0.352 e. The van der Waals surface area contributed by atoms with E-state index in [1.165, 1.54) is 0 Å². The van der Waals surface area contributed by atoms with Crippen molar-refractivity contribution in [3.8, 4) is 0 Å². The molecule has 0 unspecified atom stereocenters. The van der Waals surface area contributed by atoms with Gasteiger partial charge in [-0.3, -0.25) is 9.10 Å². The van der Waals surface area contributed by atoms with Gasteiger partial charge in [-0.2, -0.15) is 0 Å². The molecular formula is C12H13F3N2O3S. The summed E-state index contributed by atoms with van der Waals surface area (Å²) in [5.41, 5.74) is -0.706. The second-order valence-electron chi connectivity index (χ2n) is 4.81. The second kappa shape index (κ2) is 5.55. The first-order chi connectivity index (χ1) is 9.70. The fraction of sp³-hybridized carbons (Fsp3) is 0.417. The summed E-state index contributed by atoms with van der Waals surface area (Å²) >= 11 is 0. The molecular weight excluding hydrogens is 309 g/mol. The molecule has 9 heteroatoms. The molecule has 5 nitrogen and oxygen atoms in total. The fourth-order valence-electron chi connectivity index (χ4n) is 1.72. The van der Waals surface area contributed by atoms with Gasteiger partial charge in [0.1, 0.15) is 6.54 Å². The topological polar surface area (TPSA) is 66.5 Å². The quantitative estimate of drug-likeness (QED) is 0.827. The third-order valence-electron chi connectivity index (χ3n) is 2.91. The van der Waals surface area contributed by atoms with Crippen molar-refractivity contribution in [1.29, 1.82) is 0 Å². The number of amides is 1. The predicted octanol–water partition coefficient (Wildman–Crippen LogP) is 1.15. The van der Waals surface area contributed by atoms with Crippen LogP contribution in [0, 0.1) is 17.5 Å². The van der Waals surface area contributed by atoms with E-state index in [2.05, 4.69) is 5.32 Å². The Morgan fingerprint density at radius 3 is 2.43 bits per heavy atom. The molecule has 0 radical (unpaired) electrons. The minimum atomic E-state index is -4.04. The highest BCUT2D eigenvalue weighted by molar-refractivity contribution is 7.92. The Hall–Kier alpha value is -1.77. The zero-order chi connectivity index (χ0) is 15.8. The smallest absolute Gasteiger partial charge is 0.240 e. The summed E-state index contributed by atoms with van der Waals surface area (Å²) in [6.45, 7) is -0.697. The van der Waals surface area contributed by atoms with Crippen molar-refractivity contribution in [3.63, 3.8) is 0 Å². The van der Waals surface area contributed by atoms with Gasteiger partial charge in [0, 0.05) is 6.04 Å². The standard InChI is InChI=1S/C12H13F3N2O3S/c1-21(19,20)17(6-10(18)16-7-2-3-7)9-5-4-8(13)11(14)12(9)15/h4-5,7H,2-3,6H2,1H3,(H,16,18). The van der Waals surface area contributed by atoms with Gasteiger partial charge in [0.2, 0.25) is 15.9 Å². The summed E-state index contributed by atoms with van der Waals surface area (Å²) in [7, 11) is -4.04. The first-order valence-electron chi connectivity index (χ1n) is 6.10. The van der Waals surface area contributed by atoms with Gasteiger partial charge in [0.25, 0.3) is 0 Å². The maximum absolute atomic E-state index is 13.7.